The van der Waals surface area contributed by atoms with Gasteiger partial charge in [0.05, 0.1) is 18.3 Å². The number of aliphatic hydroxyl groups excluding tert-OH is 1. The molecular formula is C18H26N2O3. The highest BCUT2D eigenvalue weighted by molar-refractivity contribution is 5.97. The summed E-state index contributed by atoms with van der Waals surface area (Å²) in [4.78, 5) is 16.9. The number of rotatable bonds is 6. The summed E-state index contributed by atoms with van der Waals surface area (Å²) < 4.78 is 5.57. The summed E-state index contributed by atoms with van der Waals surface area (Å²) in [7, 11) is 0. The number of ether oxygens (including phenoxy) is 1. The van der Waals surface area contributed by atoms with Gasteiger partial charge >= 0.3 is 0 Å². The average molecular weight is 318 g/mol. The number of nitrogens with zero attached hydrogens (tertiary/aromatic N) is 2. The van der Waals surface area contributed by atoms with E-state index < -0.39 is 0 Å². The van der Waals surface area contributed by atoms with Gasteiger partial charge in [0.1, 0.15) is 5.75 Å². The van der Waals surface area contributed by atoms with E-state index in [0.717, 1.165) is 32.5 Å². The van der Waals surface area contributed by atoms with Crippen molar-refractivity contribution in [3.8, 4) is 5.75 Å². The third-order valence-electron chi connectivity index (χ3n) is 4.69. The van der Waals surface area contributed by atoms with Crippen LogP contribution in [-0.4, -0.2) is 66.2 Å². The number of amides is 1. The quantitative estimate of drug-likeness (QED) is 0.866. The molecule has 1 aliphatic carbocycles. The number of benzene rings is 1. The van der Waals surface area contributed by atoms with Gasteiger partial charge in [0, 0.05) is 32.7 Å². The molecule has 5 nitrogen and oxygen atoms in total. The maximum Gasteiger partial charge on any atom is 0.257 e. The van der Waals surface area contributed by atoms with E-state index in [9.17, 15) is 9.90 Å². The van der Waals surface area contributed by atoms with Gasteiger partial charge in [0.25, 0.3) is 5.91 Å². The maximum absolute atomic E-state index is 12.7. The lowest BCUT2D eigenvalue weighted by Crippen LogP contribution is -2.50. The topological polar surface area (TPSA) is 53.0 Å². The van der Waals surface area contributed by atoms with Crippen molar-refractivity contribution < 1.29 is 14.6 Å². The second-order valence-electron chi connectivity index (χ2n) is 6.43. The van der Waals surface area contributed by atoms with Gasteiger partial charge in [-0.05, 0) is 37.8 Å². The fourth-order valence-corrected chi connectivity index (χ4v) is 3.12. The van der Waals surface area contributed by atoms with Crippen LogP contribution < -0.4 is 4.74 Å². The van der Waals surface area contributed by atoms with Gasteiger partial charge in [0.2, 0.25) is 0 Å². The lowest BCUT2D eigenvalue weighted by atomic mass is 10.1. The fraction of sp³-hybridized carbons (Fsp3) is 0.611. The number of piperazine rings is 1. The first-order chi connectivity index (χ1) is 11.2. The van der Waals surface area contributed by atoms with Gasteiger partial charge in [-0.15, -0.1) is 0 Å². The highest BCUT2D eigenvalue weighted by Gasteiger charge is 2.32. The number of hydrogen-bond donors (Lipinski definition) is 1. The molecule has 1 aliphatic heterocycles. The van der Waals surface area contributed by atoms with Crippen LogP contribution in [0, 0.1) is 5.92 Å². The molecule has 1 aromatic rings. The molecule has 1 saturated carbocycles. The smallest absolute Gasteiger partial charge is 0.257 e. The Morgan fingerprint density at radius 1 is 1.26 bits per heavy atom. The van der Waals surface area contributed by atoms with Gasteiger partial charge in [-0.25, -0.2) is 0 Å². The summed E-state index contributed by atoms with van der Waals surface area (Å²) >= 11 is 0. The van der Waals surface area contributed by atoms with E-state index in [2.05, 4.69) is 4.90 Å². The van der Waals surface area contributed by atoms with E-state index in [1.807, 2.05) is 36.1 Å². The number of carbonyl (C=O) groups excluding carboxylic acids is 1. The van der Waals surface area contributed by atoms with Crippen LogP contribution >= 0.6 is 0 Å². The average Bonchev–Trinajstić information content (AvgIpc) is 3.41. The van der Waals surface area contributed by atoms with Crippen molar-refractivity contribution in [2.45, 2.75) is 25.9 Å². The normalized spacial score (nSPS) is 20.3. The number of carbonyl (C=O) groups is 1. The highest BCUT2D eigenvalue weighted by Crippen LogP contribution is 2.33. The molecule has 0 unspecified atom stereocenters. The zero-order valence-corrected chi connectivity index (χ0v) is 13.8. The summed E-state index contributed by atoms with van der Waals surface area (Å²) in [5.41, 5.74) is 0.640. The van der Waals surface area contributed by atoms with Gasteiger partial charge in [0.15, 0.2) is 0 Å². The number of para-hydroxylation sites is 1. The van der Waals surface area contributed by atoms with Crippen molar-refractivity contribution in [2.24, 2.45) is 5.92 Å². The molecule has 0 radical (unpaired) electrons. The first-order valence-corrected chi connectivity index (χ1v) is 8.60. The lowest BCUT2D eigenvalue weighted by Gasteiger charge is -2.35. The second kappa shape index (κ2) is 7.32. The number of hydrogen-bond acceptors (Lipinski definition) is 4. The van der Waals surface area contributed by atoms with Crippen LogP contribution in [0.3, 0.4) is 0 Å². The molecule has 1 saturated heterocycles. The van der Waals surface area contributed by atoms with E-state index in [0.29, 0.717) is 36.9 Å². The van der Waals surface area contributed by atoms with Crippen LogP contribution in [0.25, 0.3) is 0 Å². The summed E-state index contributed by atoms with van der Waals surface area (Å²) in [5, 5.41) is 10.1. The fourth-order valence-electron chi connectivity index (χ4n) is 3.12. The zero-order chi connectivity index (χ0) is 16.2. The van der Waals surface area contributed by atoms with Crippen molar-refractivity contribution in [2.75, 3.05) is 39.3 Å². The largest absolute Gasteiger partial charge is 0.493 e. The minimum atomic E-state index is -0.198. The SMILES string of the molecule is CCOc1ccccc1C(=O)N1CCN(C[C@@H](O)C2CC2)CC1. The molecule has 0 bridgehead atoms. The predicted molar refractivity (Wildman–Crippen MR) is 88.7 cm³/mol. The van der Waals surface area contributed by atoms with Crippen LogP contribution in [0.1, 0.15) is 30.1 Å². The minimum absolute atomic E-state index is 0.0384. The van der Waals surface area contributed by atoms with Crippen molar-refractivity contribution >= 4 is 5.91 Å². The molecule has 2 fully saturated rings. The van der Waals surface area contributed by atoms with Crippen LogP contribution in [0.15, 0.2) is 24.3 Å². The van der Waals surface area contributed by atoms with Crippen LogP contribution in [0.5, 0.6) is 5.75 Å². The third-order valence-corrected chi connectivity index (χ3v) is 4.69. The third kappa shape index (κ3) is 4.03. The molecule has 23 heavy (non-hydrogen) atoms. The van der Waals surface area contributed by atoms with Gasteiger partial charge in [-0.1, -0.05) is 12.1 Å². The summed E-state index contributed by atoms with van der Waals surface area (Å²) in [5.74, 6) is 1.20. The second-order valence-corrected chi connectivity index (χ2v) is 6.43. The standard InChI is InChI=1S/C18H26N2O3/c1-2-23-17-6-4-3-5-15(17)18(22)20-11-9-19(10-12-20)13-16(21)14-7-8-14/h3-6,14,16,21H,2,7-13H2,1H3/t16-/m1/s1. The van der Waals surface area contributed by atoms with Crippen LogP contribution in [-0.2, 0) is 0 Å². The Hall–Kier alpha value is -1.59. The van der Waals surface area contributed by atoms with Crippen molar-refractivity contribution in [3.63, 3.8) is 0 Å². The van der Waals surface area contributed by atoms with Crippen molar-refractivity contribution in [1.82, 2.24) is 9.80 Å². The summed E-state index contributed by atoms with van der Waals surface area (Å²) in [6, 6.07) is 7.44. The number of β-amino-alcohol motifs (C(OH)–C–C–N with tert-alkyl or cyclic N) is 1. The minimum Gasteiger partial charge on any atom is -0.493 e. The van der Waals surface area contributed by atoms with Crippen LogP contribution in [0.4, 0.5) is 0 Å². The molecule has 1 N–H and O–H groups in total. The molecule has 1 heterocycles. The van der Waals surface area contributed by atoms with E-state index in [-0.39, 0.29) is 12.0 Å². The zero-order valence-electron chi connectivity index (χ0n) is 13.8. The Labute approximate surface area is 137 Å². The Balaban J connectivity index is 1.55. The molecule has 2 aliphatic rings. The van der Waals surface area contributed by atoms with Gasteiger partial charge in [-0.2, -0.15) is 0 Å². The first kappa shape index (κ1) is 16.3. The van der Waals surface area contributed by atoms with E-state index in [1.165, 1.54) is 0 Å². The molecule has 3 rings (SSSR count). The van der Waals surface area contributed by atoms with E-state index in [1.54, 1.807) is 0 Å². The maximum atomic E-state index is 12.7. The Morgan fingerprint density at radius 3 is 2.61 bits per heavy atom. The van der Waals surface area contributed by atoms with Crippen molar-refractivity contribution in [1.29, 1.82) is 0 Å². The predicted octanol–water partition coefficient (Wildman–Crippen LogP) is 1.61. The highest BCUT2D eigenvalue weighted by atomic mass is 16.5. The Bertz CT molecular complexity index is 537. The van der Waals surface area contributed by atoms with Gasteiger partial charge < -0.3 is 14.7 Å². The monoisotopic (exact) mass is 318 g/mol. The lowest BCUT2D eigenvalue weighted by molar-refractivity contribution is 0.0486. The molecule has 0 aromatic heterocycles. The molecule has 126 valence electrons. The van der Waals surface area contributed by atoms with Gasteiger partial charge in [-0.3, -0.25) is 9.69 Å². The first-order valence-electron chi connectivity index (χ1n) is 8.60. The molecule has 1 amide bonds. The Kier molecular flexibility index (Phi) is 5.18. The molecule has 1 aromatic carbocycles. The molecule has 1 atom stereocenters. The molecule has 5 heteroatoms. The summed E-state index contributed by atoms with van der Waals surface area (Å²) in [6.45, 7) is 6.27. The van der Waals surface area contributed by atoms with E-state index in [4.69, 9.17) is 4.74 Å². The van der Waals surface area contributed by atoms with E-state index >= 15 is 0 Å². The van der Waals surface area contributed by atoms with Crippen molar-refractivity contribution in [3.05, 3.63) is 29.8 Å². The van der Waals surface area contributed by atoms with Crippen LogP contribution in [0.2, 0.25) is 0 Å². The Morgan fingerprint density at radius 2 is 1.96 bits per heavy atom. The number of aliphatic hydroxyl groups is 1. The summed E-state index contributed by atoms with van der Waals surface area (Å²) in [6.07, 6.45) is 2.12. The molecule has 0 spiro atoms. The molecular weight excluding hydrogens is 292 g/mol.